The Morgan fingerprint density at radius 1 is 1.50 bits per heavy atom. The monoisotopic (exact) mass is 195 g/mol. The Hall–Kier alpha value is -1.25. The fourth-order valence-electron chi connectivity index (χ4n) is 1.88. The van der Waals surface area contributed by atoms with Gasteiger partial charge in [-0.15, -0.1) is 0 Å². The summed E-state index contributed by atoms with van der Waals surface area (Å²) in [6.45, 7) is 2.06. The number of rotatable bonds is 1. The number of benzene rings is 1. The van der Waals surface area contributed by atoms with Crippen LogP contribution in [0.2, 0.25) is 0 Å². The molecule has 0 aliphatic carbocycles. The van der Waals surface area contributed by atoms with Gasteiger partial charge in [0.2, 0.25) is 0 Å². The van der Waals surface area contributed by atoms with Crippen molar-refractivity contribution in [2.75, 3.05) is 12.4 Å². The lowest BCUT2D eigenvalue weighted by atomic mass is 9.98. The standard InChI is InChI=1S/C11H14FNO/c1-7-3-4-8-10(14-2)6-5-9(12)11(8)13-7/h5-7,13H,3-4H2,1-2H3/t7-/m0/s1. The van der Waals surface area contributed by atoms with Crippen LogP contribution in [0.3, 0.4) is 0 Å². The molecule has 0 radical (unpaired) electrons. The summed E-state index contributed by atoms with van der Waals surface area (Å²) in [4.78, 5) is 0. The molecule has 2 nitrogen and oxygen atoms in total. The number of anilines is 1. The highest BCUT2D eigenvalue weighted by atomic mass is 19.1. The molecule has 1 heterocycles. The number of hydrogen-bond donors (Lipinski definition) is 1. The number of fused-ring (bicyclic) bond motifs is 1. The number of methoxy groups -OCH3 is 1. The van der Waals surface area contributed by atoms with Gasteiger partial charge >= 0.3 is 0 Å². The smallest absolute Gasteiger partial charge is 0.146 e. The maximum atomic E-state index is 13.4. The first kappa shape index (κ1) is 9.31. The Kier molecular flexibility index (Phi) is 2.32. The van der Waals surface area contributed by atoms with Gasteiger partial charge in [-0.25, -0.2) is 4.39 Å². The SMILES string of the molecule is COc1ccc(F)c2c1CC[C@H](C)N2. The average Bonchev–Trinajstić information content (AvgIpc) is 2.19. The molecule has 3 heteroatoms. The molecule has 0 amide bonds. The summed E-state index contributed by atoms with van der Waals surface area (Å²) < 4.78 is 18.6. The van der Waals surface area contributed by atoms with Gasteiger partial charge in [0.25, 0.3) is 0 Å². The third-order valence-electron chi connectivity index (χ3n) is 2.66. The first-order valence-corrected chi connectivity index (χ1v) is 4.84. The van der Waals surface area contributed by atoms with Crippen molar-refractivity contribution in [3.8, 4) is 5.75 Å². The van der Waals surface area contributed by atoms with Crippen molar-refractivity contribution in [2.24, 2.45) is 0 Å². The maximum Gasteiger partial charge on any atom is 0.146 e. The van der Waals surface area contributed by atoms with Gasteiger partial charge < -0.3 is 10.1 Å². The van der Waals surface area contributed by atoms with Crippen LogP contribution in [0.5, 0.6) is 5.75 Å². The van der Waals surface area contributed by atoms with Crippen LogP contribution in [-0.4, -0.2) is 13.2 Å². The Morgan fingerprint density at radius 2 is 2.29 bits per heavy atom. The van der Waals surface area contributed by atoms with Crippen LogP contribution in [-0.2, 0) is 6.42 Å². The highest BCUT2D eigenvalue weighted by Gasteiger charge is 2.20. The van der Waals surface area contributed by atoms with Crippen LogP contribution >= 0.6 is 0 Å². The third kappa shape index (κ3) is 1.43. The minimum absolute atomic E-state index is 0.188. The van der Waals surface area contributed by atoms with E-state index < -0.39 is 0 Å². The van der Waals surface area contributed by atoms with Crippen molar-refractivity contribution in [3.63, 3.8) is 0 Å². The van der Waals surface area contributed by atoms with Gasteiger partial charge in [0.1, 0.15) is 11.6 Å². The molecule has 76 valence electrons. The summed E-state index contributed by atoms with van der Waals surface area (Å²) in [5.41, 5.74) is 1.58. The van der Waals surface area contributed by atoms with Crippen molar-refractivity contribution < 1.29 is 9.13 Å². The second-order valence-corrected chi connectivity index (χ2v) is 3.69. The third-order valence-corrected chi connectivity index (χ3v) is 2.66. The van der Waals surface area contributed by atoms with E-state index in [1.807, 2.05) is 0 Å². The molecule has 1 aliphatic heterocycles. The van der Waals surface area contributed by atoms with E-state index in [9.17, 15) is 4.39 Å². The second kappa shape index (κ2) is 3.48. The summed E-state index contributed by atoms with van der Waals surface area (Å²) in [5, 5.41) is 3.15. The van der Waals surface area contributed by atoms with Crippen LogP contribution < -0.4 is 10.1 Å². The minimum atomic E-state index is -0.188. The molecular formula is C11H14FNO. The van der Waals surface area contributed by atoms with Crippen molar-refractivity contribution in [1.82, 2.24) is 0 Å². The first-order valence-electron chi connectivity index (χ1n) is 4.84. The minimum Gasteiger partial charge on any atom is -0.496 e. The lowest BCUT2D eigenvalue weighted by molar-refractivity contribution is 0.406. The van der Waals surface area contributed by atoms with E-state index in [1.54, 1.807) is 13.2 Å². The Bertz CT molecular complexity index is 351. The molecule has 0 fully saturated rings. The molecule has 1 N–H and O–H groups in total. The topological polar surface area (TPSA) is 21.3 Å². The zero-order chi connectivity index (χ0) is 10.1. The first-order chi connectivity index (χ1) is 6.72. The van der Waals surface area contributed by atoms with Crippen molar-refractivity contribution in [1.29, 1.82) is 0 Å². The van der Waals surface area contributed by atoms with Gasteiger partial charge in [-0.1, -0.05) is 0 Å². The van der Waals surface area contributed by atoms with E-state index >= 15 is 0 Å². The molecule has 0 spiro atoms. The normalized spacial score (nSPS) is 19.8. The number of ether oxygens (including phenoxy) is 1. The molecule has 14 heavy (non-hydrogen) atoms. The maximum absolute atomic E-state index is 13.4. The van der Waals surface area contributed by atoms with E-state index in [4.69, 9.17) is 4.74 Å². The fraction of sp³-hybridized carbons (Fsp3) is 0.455. The molecule has 0 saturated heterocycles. The Morgan fingerprint density at radius 3 is 3.00 bits per heavy atom. The molecule has 0 bridgehead atoms. The number of halogens is 1. The quantitative estimate of drug-likeness (QED) is 0.743. The van der Waals surface area contributed by atoms with Crippen LogP contribution in [0.1, 0.15) is 18.9 Å². The Labute approximate surface area is 83.1 Å². The molecule has 0 saturated carbocycles. The predicted molar refractivity (Wildman–Crippen MR) is 54.4 cm³/mol. The summed E-state index contributed by atoms with van der Waals surface area (Å²) >= 11 is 0. The van der Waals surface area contributed by atoms with Gasteiger partial charge in [0.15, 0.2) is 0 Å². The van der Waals surface area contributed by atoms with Crippen molar-refractivity contribution in [3.05, 3.63) is 23.5 Å². The molecule has 0 aromatic heterocycles. The Balaban J connectivity index is 2.49. The van der Waals surface area contributed by atoms with Crippen LogP contribution in [0.25, 0.3) is 0 Å². The number of hydrogen-bond acceptors (Lipinski definition) is 2. The summed E-state index contributed by atoms with van der Waals surface area (Å²) in [5.74, 6) is 0.591. The molecule has 1 aromatic rings. The molecule has 1 aromatic carbocycles. The molecule has 1 aliphatic rings. The molecule has 1 atom stereocenters. The highest BCUT2D eigenvalue weighted by Crippen LogP contribution is 2.34. The van der Waals surface area contributed by atoms with E-state index in [0.29, 0.717) is 11.7 Å². The zero-order valence-corrected chi connectivity index (χ0v) is 8.43. The van der Waals surface area contributed by atoms with Gasteiger partial charge in [-0.05, 0) is 31.9 Å². The van der Waals surface area contributed by atoms with E-state index in [-0.39, 0.29) is 5.82 Å². The van der Waals surface area contributed by atoms with E-state index in [1.165, 1.54) is 6.07 Å². The lowest BCUT2D eigenvalue weighted by Gasteiger charge is -2.25. The van der Waals surface area contributed by atoms with Gasteiger partial charge in [-0.2, -0.15) is 0 Å². The number of nitrogens with one attached hydrogen (secondary N) is 1. The largest absolute Gasteiger partial charge is 0.496 e. The van der Waals surface area contributed by atoms with Gasteiger partial charge in [-0.3, -0.25) is 0 Å². The molecule has 2 rings (SSSR count). The lowest BCUT2D eigenvalue weighted by Crippen LogP contribution is -2.23. The molecular weight excluding hydrogens is 181 g/mol. The van der Waals surface area contributed by atoms with Crippen LogP contribution in [0.15, 0.2) is 12.1 Å². The second-order valence-electron chi connectivity index (χ2n) is 3.69. The summed E-state index contributed by atoms with van der Waals surface area (Å²) in [6.07, 6.45) is 1.90. The predicted octanol–water partition coefficient (Wildman–Crippen LogP) is 2.58. The van der Waals surface area contributed by atoms with E-state index in [2.05, 4.69) is 12.2 Å². The zero-order valence-electron chi connectivity index (χ0n) is 8.43. The summed E-state index contributed by atoms with van der Waals surface area (Å²) in [6, 6.07) is 3.47. The highest BCUT2D eigenvalue weighted by molar-refractivity contribution is 5.60. The summed E-state index contributed by atoms with van der Waals surface area (Å²) in [7, 11) is 1.62. The fourth-order valence-corrected chi connectivity index (χ4v) is 1.88. The molecule has 0 unspecified atom stereocenters. The van der Waals surface area contributed by atoms with Gasteiger partial charge in [0, 0.05) is 11.6 Å². The van der Waals surface area contributed by atoms with Crippen LogP contribution in [0, 0.1) is 5.82 Å². The average molecular weight is 195 g/mol. The van der Waals surface area contributed by atoms with Crippen LogP contribution in [0.4, 0.5) is 10.1 Å². The van der Waals surface area contributed by atoms with Crippen molar-refractivity contribution >= 4 is 5.69 Å². The van der Waals surface area contributed by atoms with E-state index in [0.717, 1.165) is 24.2 Å². The van der Waals surface area contributed by atoms with Crippen molar-refractivity contribution in [2.45, 2.75) is 25.8 Å². The van der Waals surface area contributed by atoms with Gasteiger partial charge in [0.05, 0.1) is 12.8 Å².